The largest absolute Gasteiger partial charge is 0.402 e. The minimum Gasteiger partial charge on any atom is -0.384 e. The van der Waals surface area contributed by atoms with Crippen molar-refractivity contribution >= 4 is 0 Å². The number of rotatable bonds is 2. The summed E-state index contributed by atoms with van der Waals surface area (Å²) in [6, 6.07) is 0. The highest BCUT2D eigenvalue weighted by atomic mass is 19.4. The van der Waals surface area contributed by atoms with Gasteiger partial charge in [0.15, 0.2) is 5.92 Å². The highest BCUT2D eigenvalue weighted by molar-refractivity contribution is 4.74. The normalized spacial score (nSPS) is 14.0. The minimum atomic E-state index is -5.30. The second-order valence-corrected chi connectivity index (χ2v) is 2.09. The van der Waals surface area contributed by atoms with Crippen LogP contribution in [0.4, 0.5) is 26.3 Å². The lowest BCUT2D eigenvalue weighted by Crippen LogP contribution is -2.39. The first kappa shape index (κ1) is 11.5. The molecule has 0 heterocycles. The average molecular weight is 196 g/mol. The van der Waals surface area contributed by atoms with Crippen molar-refractivity contribution in [2.75, 3.05) is 13.7 Å². The molecule has 0 atom stereocenters. The molecule has 0 amide bonds. The molecule has 0 unspecified atom stereocenters. The fourth-order valence-electron chi connectivity index (χ4n) is 0.541. The van der Waals surface area contributed by atoms with Crippen molar-refractivity contribution in [2.24, 2.45) is 5.92 Å². The topological polar surface area (TPSA) is 9.23 Å². The van der Waals surface area contributed by atoms with Crippen LogP contribution in [-0.4, -0.2) is 26.1 Å². The molecule has 0 saturated heterocycles. The fourth-order valence-corrected chi connectivity index (χ4v) is 0.541. The van der Waals surface area contributed by atoms with Crippen LogP contribution in [0.5, 0.6) is 0 Å². The lowest BCUT2D eigenvalue weighted by molar-refractivity contribution is -0.293. The van der Waals surface area contributed by atoms with Crippen LogP contribution in [-0.2, 0) is 4.74 Å². The van der Waals surface area contributed by atoms with Crippen LogP contribution < -0.4 is 0 Å². The first-order valence-electron chi connectivity index (χ1n) is 2.82. The SMILES string of the molecule is COCC(C(F)(F)F)C(F)(F)F. The third-order valence-corrected chi connectivity index (χ3v) is 1.12. The van der Waals surface area contributed by atoms with Crippen LogP contribution >= 0.6 is 0 Å². The van der Waals surface area contributed by atoms with Gasteiger partial charge in [0.1, 0.15) is 0 Å². The quantitative estimate of drug-likeness (QED) is 0.616. The predicted octanol–water partition coefficient (Wildman–Crippen LogP) is 2.37. The molecule has 0 aliphatic heterocycles. The zero-order valence-electron chi connectivity index (χ0n) is 5.96. The maximum atomic E-state index is 11.6. The summed E-state index contributed by atoms with van der Waals surface area (Å²) >= 11 is 0. The Morgan fingerprint density at radius 1 is 1.00 bits per heavy atom. The van der Waals surface area contributed by atoms with Crippen LogP contribution in [0.15, 0.2) is 0 Å². The third-order valence-electron chi connectivity index (χ3n) is 1.12. The van der Waals surface area contributed by atoms with Crippen molar-refractivity contribution in [1.82, 2.24) is 0 Å². The van der Waals surface area contributed by atoms with E-state index in [2.05, 4.69) is 4.74 Å². The standard InChI is InChI=1S/C5H6F6O/c1-12-2-3(4(6,7)8)5(9,10)11/h3H,2H2,1H3. The Bertz CT molecular complexity index is 122. The van der Waals surface area contributed by atoms with Gasteiger partial charge in [0.25, 0.3) is 0 Å². The highest BCUT2D eigenvalue weighted by Gasteiger charge is 2.56. The Morgan fingerprint density at radius 2 is 1.33 bits per heavy atom. The molecule has 0 N–H and O–H groups in total. The van der Waals surface area contributed by atoms with Gasteiger partial charge in [0.2, 0.25) is 0 Å². The number of methoxy groups -OCH3 is 1. The van der Waals surface area contributed by atoms with Gasteiger partial charge in [0.05, 0.1) is 6.61 Å². The zero-order valence-corrected chi connectivity index (χ0v) is 5.96. The Morgan fingerprint density at radius 3 is 1.42 bits per heavy atom. The Balaban J connectivity index is 4.45. The smallest absolute Gasteiger partial charge is 0.384 e. The molecule has 0 fully saturated rings. The van der Waals surface area contributed by atoms with Gasteiger partial charge in [-0.2, -0.15) is 26.3 Å². The van der Waals surface area contributed by atoms with Crippen molar-refractivity contribution in [1.29, 1.82) is 0 Å². The number of hydrogen-bond acceptors (Lipinski definition) is 1. The molecule has 0 saturated carbocycles. The van der Waals surface area contributed by atoms with E-state index >= 15 is 0 Å². The summed E-state index contributed by atoms with van der Waals surface area (Å²) in [6.07, 6.45) is -10.6. The molecule has 0 aliphatic carbocycles. The van der Waals surface area contributed by atoms with Crippen LogP contribution in [0, 0.1) is 5.92 Å². The van der Waals surface area contributed by atoms with E-state index in [-0.39, 0.29) is 0 Å². The molecule has 0 aromatic heterocycles. The lowest BCUT2D eigenvalue weighted by atomic mass is 10.1. The van der Waals surface area contributed by atoms with Crippen LogP contribution in [0.1, 0.15) is 0 Å². The van der Waals surface area contributed by atoms with E-state index in [0.29, 0.717) is 0 Å². The molecule has 12 heavy (non-hydrogen) atoms. The first-order chi connectivity index (χ1) is 5.19. The van der Waals surface area contributed by atoms with Crippen LogP contribution in [0.2, 0.25) is 0 Å². The Hall–Kier alpha value is -0.460. The Labute approximate surface area is 64.3 Å². The fraction of sp³-hybridized carbons (Fsp3) is 1.00. The first-order valence-corrected chi connectivity index (χ1v) is 2.82. The van der Waals surface area contributed by atoms with E-state index in [1.54, 1.807) is 0 Å². The molecule has 0 aliphatic rings. The van der Waals surface area contributed by atoms with Gasteiger partial charge < -0.3 is 4.74 Å². The van der Waals surface area contributed by atoms with Crippen LogP contribution in [0.25, 0.3) is 0 Å². The van der Waals surface area contributed by atoms with Crippen molar-refractivity contribution in [3.8, 4) is 0 Å². The van der Waals surface area contributed by atoms with Crippen molar-refractivity contribution < 1.29 is 31.1 Å². The number of hydrogen-bond donors (Lipinski definition) is 0. The van der Waals surface area contributed by atoms with E-state index in [4.69, 9.17) is 0 Å². The van der Waals surface area contributed by atoms with Gasteiger partial charge in [-0.05, 0) is 0 Å². The molecule has 0 rings (SSSR count). The zero-order chi connectivity index (χ0) is 9.99. The minimum absolute atomic E-state index is 0.782. The monoisotopic (exact) mass is 196 g/mol. The highest BCUT2D eigenvalue weighted by Crippen LogP contribution is 2.38. The molecular weight excluding hydrogens is 190 g/mol. The number of ether oxygens (including phenoxy) is 1. The number of alkyl halides is 6. The molecule has 0 aromatic carbocycles. The van der Waals surface area contributed by atoms with Gasteiger partial charge in [-0.25, -0.2) is 0 Å². The van der Waals surface area contributed by atoms with Gasteiger partial charge in [-0.1, -0.05) is 0 Å². The number of halogens is 6. The summed E-state index contributed by atoms with van der Waals surface area (Å²) in [5, 5.41) is 0. The van der Waals surface area contributed by atoms with E-state index in [9.17, 15) is 26.3 Å². The lowest BCUT2D eigenvalue weighted by Gasteiger charge is -2.21. The van der Waals surface area contributed by atoms with Crippen molar-refractivity contribution in [2.45, 2.75) is 12.4 Å². The van der Waals surface area contributed by atoms with Gasteiger partial charge in [0, 0.05) is 7.11 Å². The molecule has 74 valence electrons. The summed E-state index contributed by atoms with van der Waals surface area (Å²) in [5.74, 6) is -3.39. The molecule has 0 aromatic rings. The average Bonchev–Trinajstić information content (AvgIpc) is 1.77. The third kappa shape index (κ3) is 3.29. The summed E-state index contributed by atoms with van der Waals surface area (Å²) in [6.45, 7) is -1.40. The molecular formula is C5H6F6O. The molecule has 0 radical (unpaired) electrons. The second-order valence-electron chi connectivity index (χ2n) is 2.09. The Kier molecular flexibility index (Phi) is 3.37. The van der Waals surface area contributed by atoms with E-state index in [1.165, 1.54) is 0 Å². The van der Waals surface area contributed by atoms with Gasteiger partial charge in [-0.15, -0.1) is 0 Å². The molecule has 7 heteroatoms. The summed E-state index contributed by atoms with van der Waals surface area (Å²) in [4.78, 5) is 0. The van der Waals surface area contributed by atoms with Crippen molar-refractivity contribution in [3.05, 3.63) is 0 Å². The predicted molar refractivity (Wildman–Crippen MR) is 27.5 cm³/mol. The maximum absolute atomic E-state index is 11.6. The van der Waals surface area contributed by atoms with Gasteiger partial charge in [-0.3, -0.25) is 0 Å². The molecule has 0 spiro atoms. The second kappa shape index (κ2) is 3.51. The van der Waals surface area contributed by atoms with Crippen LogP contribution in [0.3, 0.4) is 0 Å². The summed E-state index contributed by atoms with van der Waals surface area (Å²) < 4.78 is 73.4. The van der Waals surface area contributed by atoms with E-state index in [1.807, 2.05) is 0 Å². The summed E-state index contributed by atoms with van der Waals surface area (Å²) in [7, 11) is 0.782. The maximum Gasteiger partial charge on any atom is 0.402 e. The molecule has 0 bridgehead atoms. The molecule has 1 nitrogen and oxygen atoms in total. The van der Waals surface area contributed by atoms with E-state index in [0.717, 1.165) is 7.11 Å². The van der Waals surface area contributed by atoms with Crippen molar-refractivity contribution in [3.63, 3.8) is 0 Å². The van der Waals surface area contributed by atoms with Gasteiger partial charge >= 0.3 is 12.4 Å². The van der Waals surface area contributed by atoms with E-state index < -0.39 is 24.9 Å². The summed E-state index contributed by atoms with van der Waals surface area (Å²) in [5.41, 5.74) is 0.